The summed E-state index contributed by atoms with van der Waals surface area (Å²) in [5.41, 5.74) is 5.93. The summed E-state index contributed by atoms with van der Waals surface area (Å²) in [6.45, 7) is 4.13. The minimum Gasteiger partial charge on any atom is -0.358 e. The van der Waals surface area contributed by atoms with E-state index in [0.29, 0.717) is 5.56 Å². The molecule has 0 aliphatic heterocycles. The first-order valence-corrected chi connectivity index (χ1v) is 8.98. The van der Waals surface area contributed by atoms with Gasteiger partial charge in [0.15, 0.2) is 0 Å². The third-order valence-corrected chi connectivity index (χ3v) is 5.00. The summed E-state index contributed by atoms with van der Waals surface area (Å²) < 4.78 is 0. The zero-order valence-corrected chi connectivity index (χ0v) is 15.4. The van der Waals surface area contributed by atoms with Gasteiger partial charge in [0.1, 0.15) is 0 Å². The topological polar surface area (TPSA) is 57.8 Å². The quantitative estimate of drug-likeness (QED) is 0.557. The van der Waals surface area contributed by atoms with Crippen LogP contribution in [0.2, 0.25) is 0 Å². The summed E-state index contributed by atoms with van der Waals surface area (Å²) in [5, 5.41) is 4.31. The summed E-state index contributed by atoms with van der Waals surface area (Å²) in [7, 11) is 0. The molecule has 4 rings (SSSR count). The van der Waals surface area contributed by atoms with Crippen LogP contribution in [-0.4, -0.2) is 15.9 Å². The van der Waals surface area contributed by atoms with Crippen LogP contribution >= 0.6 is 0 Å². The number of amides is 1. The van der Waals surface area contributed by atoms with Crippen LogP contribution in [0.5, 0.6) is 0 Å². The van der Waals surface area contributed by atoms with Gasteiger partial charge in [0.05, 0.1) is 6.04 Å². The Labute approximate surface area is 158 Å². The van der Waals surface area contributed by atoms with Crippen LogP contribution in [0.25, 0.3) is 10.9 Å². The highest BCUT2D eigenvalue weighted by Gasteiger charge is 2.18. The number of benzene rings is 2. The molecule has 1 atom stereocenters. The van der Waals surface area contributed by atoms with Gasteiger partial charge in [-0.25, -0.2) is 0 Å². The second kappa shape index (κ2) is 7.08. The molecule has 1 unspecified atom stereocenters. The Hall–Kier alpha value is -3.40. The predicted octanol–water partition coefficient (Wildman–Crippen LogP) is 4.70. The molecule has 0 saturated carbocycles. The molecule has 0 spiro atoms. The maximum absolute atomic E-state index is 13.0. The molecule has 4 heteroatoms. The Bertz CT molecular complexity index is 1050. The second-order valence-corrected chi connectivity index (χ2v) is 6.74. The van der Waals surface area contributed by atoms with E-state index in [1.165, 1.54) is 5.56 Å². The molecular formula is C23H21N3O. The molecule has 134 valence electrons. The number of carbonyl (C=O) groups is 1. The van der Waals surface area contributed by atoms with Crippen molar-refractivity contribution in [3.05, 3.63) is 101 Å². The minimum absolute atomic E-state index is 0.112. The van der Waals surface area contributed by atoms with Crippen molar-refractivity contribution in [1.29, 1.82) is 0 Å². The van der Waals surface area contributed by atoms with Crippen molar-refractivity contribution in [1.82, 2.24) is 15.3 Å². The van der Waals surface area contributed by atoms with Gasteiger partial charge >= 0.3 is 0 Å². The van der Waals surface area contributed by atoms with Crippen molar-refractivity contribution in [2.24, 2.45) is 0 Å². The molecule has 0 aliphatic rings. The Kier molecular flexibility index (Phi) is 4.47. The molecule has 0 saturated heterocycles. The number of nitrogens with one attached hydrogen (secondary N) is 2. The van der Waals surface area contributed by atoms with E-state index < -0.39 is 0 Å². The lowest BCUT2D eigenvalue weighted by atomic mass is 9.99. The first kappa shape index (κ1) is 17.0. The Balaban J connectivity index is 1.68. The van der Waals surface area contributed by atoms with Crippen LogP contribution in [0, 0.1) is 13.8 Å². The average Bonchev–Trinajstić information content (AvgIpc) is 3.00. The monoisotopic (exact) mass is 355 g/mol. The van der Waals surface area contributed by atoms with Gasteiger partial charge in [0, 0.05) is 34.6 Å². The standard InChI is InChI=1S/C23H21N3O/c1-15-16(2)25-21-13-18(10-11-20(15)21)23(27)26-22(17-7-4-3-5-8-17)19-9-6-12-24-14-19/h3-14,22,25H,1-2H3,(H,26,27). The number of fused-ring (bicyclic) bond motifs is 1. The van der Waals surface area contributed by atoms with Crippen LogP contribution in [0.4, 0.5) is 0 Å². The summed E-state index contributed by atoms with van der Waals surface area (Å²) >= 11 is 0. The molecule has 0 radical (unpaired) electrons. The average molecular weight is 355 g/mol. The Morgan fingerprint density at radius 1 is 1.00 bits per heavy atom. The number of pyridine rings is 1. The van der Waals surface area contributed by atoms with Gasteiger partial charge in [-0.1, -0.05) is 42.5 Å². The fraction of sp³-hybridized carbons (Fsp3) is 0.130. The van der Waals surface area contributed by atoms with Gasteiger partial charge in [0.2, 0.25) is 0 Å². The van der Waals surface area contributed by atoms with Crippen molar-refractivity contribution in [2.45, 2.75) is 19.9 Å². The SMILES string of the molecule is Cc1[nH]c2cc(C(=O)NC(c3ccccc3)c3cccnc3)ccc2c1C. The molecule has 0 aliphatic carbocycles. The van der Waals surface area contributed by atoms with Crippen LogP contribution in [0.3, 0.4) is 0 Å². The molecular weight excluding hydrogens is 334 g/mol. The summed E-state index contributed by atoms with van der Waals surface area (Å²) in [6.07, 6.45) is 3.52. The van der Waals surface area contributed by atoms with Crippen LogP contribution in [-0.2, 0) is 0 Å². The number of nitrogens with zero attached hydrogens (tertiary/aromatic N) is 1. The largest absolute Gasteiger partial charge is 0.358 e. The van der Waals surface area contributed by atoms with Crippen LogP contribution in [0.1, 0.15) is 38.8 Å². The van der Waals surface area contributed by atoms with Crippen molar-refractivity contribution in [3.63, 3.8) is 0 Å². The number of rotatable bonds is 4. The number of hydrogen-bond acceptors (Lipinski definition) is 2. The summed E-state index contributed by atoms with van der Waals surface area (Å²) in [4.78, 5) is 20.5. The van der Waals surface area contributed by atoms with Crippen molar-refractivity contribution in [2.75, 3.05) is 0 Å². The summed E-state index contributed by atoms with van der Waals surface area (Å²) in [6, 6.07) is 19.3. The zero-order valence-electron chi connectivity index (χ0n) is 15.4. The molecule has 0 fully saturated rings. The number of carbonyl (C=O) groups excluding carboxylic acids is 1. The molecule has 2 aromatic heterocycles. The fourth-order valence-corrected chi connectivity index (χ4v) is 3.38. The lowest BCUT2D eigenvalue weighted by Crippen LogP contribution is -2.29. The second-order valence-electron chi connectivity index (χ2n) is 6.74. The molecule has 0 bridgehead atoms. The first-order valence-electron chi connectivity index (χ1n) is 8.98. The highest BCUT2D eigenvalue weighted by molar-refractivity contribution is 5.99. The van der Waals surface area contributed by atoms with Crippen molar-refractivity contribution in [3.8, 4) is 0 Å². The van der Waals surface area contributed by atoms with E-state index in [1.807, 2.05) is 67.6 Å². The van der Waals surface area contributed by atoms with E-state index in [2.05, 4.69) is 22.2 Å². The van der Waals surface area contributed by atoms with Gasteiger partial charge in [-0.15, -0.1) is 0 Å². The Morgan fingerprint density at radius 2 is 1.78 bits per heavy atom. The number of aromatic amines is 1. The van der Waals surface area contributed by atoms with E-state index in [-0.39, 0.29) is 11.9 Å². The molecule has 2 N–H and O–H groups in total. The minimum atomic E-state index is -0.254. The number of H-pyrrole nitrogens is 1. The lowest BCUT2D eigenvalue weighted by molar-refractivity contribution is 0.0943. The van der Waals surface area contributed by atoms with E-state index in [4.69, 9.17) is 0 Å². The van der Waals surface area contributed by atoms with Gasteiger partial charge < -0.3 is 10.3 Å². The summed E-state index contributed by atoms with van der Waals surface area (Å²) in [5.74, 6) is -0.112. The smallest absolute Gasteiger partial charge is 0.252 e. The third kappa shape index (κ3) is 3.34. The van der Waals surface area contributed by atoms with E-state index in [0.717, 1.165) is 27.7 Å². The molecule has 4 nitrogen and oxygen atoms in total. The van der Waals surface area contributed by atoms with Crippen LogP contribution < -0.4 is 5.32 Å². The lowest BCUT2D eigenvalue weighted by Gasteiger charge is -2.19. The fourth-order valence-electron chi connectivity index (χ4n) is 3.38. The molecule has 4 aromatic rings. The third-order valence-electron chi connectivity index (χ3n) is 5.00. The highest BCUT2D eigenvalue weighted by atomic mass is 16.1. The maximum atomic E-state index is 13.0. The van der Waals surface area contributed by atoms with Gasteiger partial charge in [-0.3, -0.25) is 9.78 Å². The van der Waals surface area contributed by atoms with Gasteiger partial charge in [0.25, 0.3) is 5.91 Å². The predicted molar refractivity (Wildman–Crippen MR) is 108 cm³/mol. The number of hydrogen-bond donors (Lipinski definition) is 2. The number of aryl methyl sites for hydroxylation is 2. The van der Waals surface area contributed by atoms with E-state index in [1.54, 1.807) is 12.4 Å². The Morgan fingerprint density at radius 3 is 2.52 bits per heavy atom. The van der Waals surface area contributed by atoms with Crippen molar-refractivity contribution < 1.29 is 4.79 Å². The maximum Gasteiger partial charge on any atom is 0.252 e. The highest BCUT2D eigenvalue weighted by Crippen LogP contribution is 2.24. The van der Waals surface area contributed by atoms with Crippen LogP contribution in [0.15, 0.2) is 73.1 Å². The molecule has 27 heavy (non-hydrogen) atoms. The van der Waals surface area contributed by atoms with E-state index >= 15 is 0 Å². The van der Waals surface area contributed by atoms with E-state index in [9.17, 15) is 4.79 Å². The molecule has 1 amide bonds. The normalized spacial score (nSPS) is 12.1. The molecule has 2 heterocycles. The number of aromatic nitrogens is 2. The molecule has 2 aromatic carbocycles. The first-order chi connectivity index (χ1) is 13.1. The van der Waals surface area contributed by atoms with Gasteiger partial charge in [-0.2, -0.15) is 0 Å². The zero-order chi connectivity index (χ0) is 18.8. The van der Waals surface area contributed by atoms with Crippen molar-refractivity contribution >= 4 is 16.8 Å². The van der Waals surface area contributed by atoms with Gasteiger partial charge in [-0.05, 0) is 48.7 Å².